The highest BCUT2D eigenvalue weighted by Crippen LogP contribution is 2.28. The van der Waals surface area contributed by atoms with Gasteiger partial charge >= 0.3 is 0 Å². The molecule has 0 amide bonds. The van der Waals surface area contributed by atoms with Gasteiger partial charge in [0.05, 0.1) is 12.3 Å². The van der Waals surface area contributed by atoms with Gasteiger partial charge in [-0.05, 0) is 39.1 Å². The molecular weight excluding hydrogens is 212 g/mol. The lowest BCUT2D eigenvalue weighted by atomic mass is 10.2. The van der Waals surface area contributed by atoms with Gasteiger partial charge in [-0.1, -0.05) is 12.1 Å². The van der Waals surface area contributed by atoms with Gasteiger partial charge in [0.25, 0.3) is 0 Å². The molecule has 94 valence electrons. The summed E-state index contributed by atoms with van der Waals surface area (Å²) in [7, 11) is 2.19. The third-order valence-electron chi connectivity index (χ3n) is 3.23. The van der Waals surface area contributed by atoms with Crippen LogP contribution in [0.15, 0.2) is 24.3 Å². The van der Waals surface area contributed by atoms with Crippen LogP contribution in [0.1, 0.15) is 13.3 Å². The fourth-order valence-electron chi connectivity index (χ4n) is 2.28. The number of benzene rings is 1. The molecule has 0 N–H and O–H groups in total. The van der Waals surface area contributed by atoms with Gasteiger partial charge in [0, 0.05) is 19.6 Å². The zero-order chi connectivity index (χ0) is 12.1. The summed E-state index contributed by atoms with van der Waals surface area (Å²) >= 11 is 0. The van der Waals surface area contributed by atoms with Crippen molar-refractivity contribution in [3.63, 3.8) is 0 Å². The molecular formula is C14H22N2O. The largest absolute Gasteiger partial charge is 0.492 e. The molecule has 0 unspecified atom stereocenters. The quantitative estimate of drug-likeness (QED) is 0.797. The Morgan fingerprint density at radius 3 is 2.76 bits per heavy atom. The molecule has 1 aliphatic rings. The predicted molar refractivity (Wildman–Crippen MR) is 71.9 cm³/mol. The van der Waals surface area contributed by atoms with Crippen molar-refractivity contribution in [2.45, 2.75) is 13.3 Å². The first kappa shape index (κ1) is 12.2. The molecule has 1 aromatic rings. The van der Waals surface area contributed by atoms with Gasteiger partial charge in [-0.3, -0.25) is 0 Å². The average Bonchev–Trinajstić information content (AvgIpc) is 2.55. The molecule has 1 fully saturated rings. The first-order valence-corrected chi connectivity index (χ1v) is 6.46. The zero-order valence-corrected chi connectivity index (χ0v) is 10.9. The minimum absolute atomic E-state index is 0.727. The second kappa shape index (κ2) is 5.92. The highest BCUT2D eigenvalue weighted by molar-refractivity contribution is 5.58. The van der Waals surface area contributed by atoms with Crippen molar-refractivity contribution in [2.24, 2.45) is 0 Å². The third-order valence-corrected chi connectivity index (χ3v) is 3.23. The van der Waals surface area contributed by atoms with E-state index in [1.807, 2.05) is 13.0 Å². The van der Waals surface area contributed by atoms with Gasteiger partial charge in [0.2, 0.25) is 0 Å². The van der Waals surface area contributed by atoms with E-state index in [0.717, 1.165) is 32.0 Å². The van der Waals surface area contributed by atoms with E-state index in [1.165, 1.54) is 18.7 Å². The van der Waals surface area contributed by atoms with Gasteiger partial charge in [0.15, 0.2) is 0 Å². The minimum atomic E-state index is 0.727. The van der Waals surface area contributed by atoms with Crippen LogP contribution >= 0.6 is 0 Å². The highest BCUT2D eigenvalue weighted by Gasteiger charge is 2.15. The zero-order valence-electron chi connectivity index (χ0n) is 10.9. The van der Waals surface area contributed by atoms with Crippen LogP contribution in [0.4, 0.5) is 5.69 Å². The molecule has 0 bridgehead atoms. The lowest BCUT2D eigenvalue weighted by Gasteiger charge is -2.25. The van der Waals surface area contributed by atoms with Crippen molar-refractivity contribution in [3.8, 4) is 5.75 Å². The molecule has 0 spiro atoms. The molecule has 1 heterocycles. The lowest BCUT2D eigenvalue weighted by molar-refractivity contribution is 0.340. The Morgan fingerprint density at radius 1 is 1.12 bits per heavy atom. The summed E-state index contributed by atoms with van der Waals surface area (Å²) in [4.78, 5) is 4.83. The second-order valence-electron chi connectivity index (χ2n) is 4.54. The molecule has 3 nitrogen and oxygen atoms in total. The van der Waals surface area contributed by atoms with Crippen LogP contribution in [0.2, 0.25) is 0 Å². The van der Waals surface area contributed by atoms with E-state index in [9.17, 15) is 0 Å². The second-order valence-corrected chi connectivity index (χ2v) is 4.54. The molecule has 1 saturated heterocycles. The number of para-hydroxylation sites is 2. The third kappa shape index (κ3) is 3.13. The van der Waals surface area contributed by atoms with Crippen LogP contribution < -0.4 is 9.64 Å². The maximum atomic E-state index is 5.70. The van der Waals surface area contributed by atoms with Crippen molar-refractivity contribution in [2.75, 3.05) is 44.7 Å². The van der Waals surface area contributed by atoms with Crippen molar-refractivity contribution in [3.05, 3.63) is 24.3 Å². The molecule has 0 atom stereocenters. The number of ether oxygens (including phenoxy) is 1. The van der Waals surface area contributed by atoms with E-state index in [4.69, 9.17) is 4.74 Å². The van der Waals surface area contributed by atoms with Gasteiger partial charge in [-0.25, -0.2) is 0 Å². The topological polar surface area (TPSA) is 15.7 Å². The van der Waals surface area contributed by atoms with E-state index >= 15 is 0 Å². The molecule has 2 rings (SSSR count). The SMILES string of the molecule is CCOc1ccccc1N1CCCN(C)CC1. The number of hydrogen-bond acceptors (Lipinski definition) is 3. The van der Waals surface area contributed by atoms with Crippen LogP contribution in [0.25, 0.3) is 0 Å². The Bertz CT molecular complexity index is 354. The summed E-state index contributed by atoms with van der Waals surface area (Å²) in [5, 5.41) is 0. The molecule has 1 aromatic carbocycles. The van der Waals surface area contributed by atoms with E-state index in [1.54, 1.807) is 0 Å². The normalized spacial score (nSPS) is 17.9. The van der Waals surface area contributed by atoms with Crippen molar-refractivity contribution in [1.29, 1.82) is 0 Å². The van der Waals surface area contributed by atoms with Crippen molar-refractivity contribution >= 4 is 5.69 Å². The maximum Gasteiger partial charge on any atom is 0.142 e. The van der Waals surface area contributed by atoms with Gasteiger partial charge in [0.1, 0.15) is 5.75 Å². The number of anilines is 1. The molecule has 0 radical (unpaired) electrons. The molecule has 1 aliphatic heterocycles. The number of likely N-dealkylation sites (N-methyl/N-ethyl adjacent to an activating group) is 1. The van der Waals surface area contributed by atoms with E-state index < -0.39 is 0 Å². The van der Waals surface area contributed by atoms with Crippen LogP contribution in [-0.4, -0.2) is 44.7 Å². The van der Waals surface area contributed by atoms with Crippen LogP contribution in [0.3, 0.4) is 0 Å². The number of rotatable bonds is 3. The Balaban J connectivity index is 2.14. The van der Waals surface area contributed by atoms with E-state index in [2.05, 4.69) is 35.0 Å². The Kier molecular flexibility index (Phi) is 4.26. The van der Waals surface area contributed by atoms with Crippen LogP contribution in [-0.2, 0) is 0 Å². The summed E-state index contributed by atoms with van der Waals surface area (Å²) in [6.45, 7) is 7.28. The fourth-order valence-corrected chi connectivity index (χ4v) is 2.28. The van der Waals surface area contributed by atoms with Gasteiger partial charge in [-0.2, -0.15) is 0 Å². The Labute approximate surface area is 104 Å². The molecule has 0 aliphatic carbocycles. The number of hydrogen-bond donors (Lipinski definition) is 0. The Hall–Kier alpha value is -1.22. The van der Waals surface area contributed by atoms with E-state index in [0.29, 0.717) is 0 Å². The highest BCUT2D eigenvalue weighted by atomic mass is 16.5. The first-order valence-electron chi connectivity index (χ1n) is 6.46. The van der Waals surface area contributed by atoms with Crippen LogP contribution in [0, 0.1) is 0 Å². The predicted octanol–water partition coefficient (Wildman–Crippen LogP) is 2.23. The fraction of sp³-hybridized carbons (Fsp3) is 0.571. The molecule has 0 aromatic heterocycles. The summed E-state index contributed by atoms with van der Waals surface area (Å²) in [6, 6.07) is 8.36. The average molecular weight is 234 g/mol. The first-order chi connectivity index (χ1) is 8.31. The summed E-state index contributed by atoms with van der Waals surface area (Å²) in [5.74, 6) is 1.01. The standard InChI is InChI=1S/C14H22N2O/c1-3-17-14-8-5-4-7-13(14)16-10-6-9-15(2)11-12-16/h4-5,7-8H,3,6,9-12H2,1-2H3. The van der Waals surface area contributed by atoms with Crippen molar-refractivity contribution < 1.29 is 4.74 Å². The van der Waals surface area contributed by atoms with Gasteiger partial charge in [-0.15, -0.1) is 0 Å². The smallest absolute Gasteiger partial charge is 0.142 e. The van der Waals surface area contributed by atoms with Crippen LogP contribution in [0.5, 0.6) is 5.75 Å². The van der Waals surface area contributed by atoms with Gasteiger partial charge < -0.3 is 14.5 Å². The molecule has 0 saturated carbocycles. The molecule has 17 heavy (non-hydrogen) atoms. The summed E-state index contributed by atoms with van der Waals surface area (Å²) in [5.41, 5.74) is 1.24. The monoisotopic (exact) mass is 234 g/mol. The Morgan fingerprint density at radius 2 is 1.94 bits per heavy atom. The van der Waals surface area contributed by atoms with E-state index in [-0.39, 0.29) is 0 Å². The summed E-state index contributed by atoms with van der Waals surface area (Å²) < 4.78 is 5.70. The minimum Gasteiger partial charge on any atom is -0.492 e. The molecule has 3 heteroatoms. The number of nitrogens with zero attached hydrogens (tertiary/aromatic N) is 2. The van der Waals surface area contributed by atoms with Crippen molar-refractivity contribution in [1.82, 2.24) is 4.90 Å². The maximum absolute atomic E-state index is 5.70. The summed E-state index contributed by atoms with van der Waals surface area (Å²) in [6.07, 6.45) is 1.22. The lowest BCUT2D eigenvalue weighted by Crippen LogP contribution is -2.29.